The van der Waals surface area contributed by atoms with Gasteiger partial charge in [-0.3, -0.25) is 9.78 Å². The van der Waals surface area contributed by atoms with Crippen LogP contribution in [0.1, 0.15) is 34.1 Å². The summed E-state index contributed by atoms with van der Waals surface area (Å²) < 4.78 is 0. The summed E-state index contributed by atoms with van der Waals surface area (Å²) >= 11 is 1.51. The Labute approximate surface area is 129 Å². The third-order valence-electron chi connectivity index (χ3n) is 3.20. The minimum Gasteiger partial charge on any atom is -0.351 e. The lowest BCUT2D eigenvalue weighted by atomic mass is 10.2. The number of nitrogens with one attached hydrogen (secondary N) is 2. The second-order valence-corrected chi connectivity index (χ2v) is 5.69. The Morgan fingerprint density at radius 2 is 2.24 bits per heavy atom. The van der Waals surface area contributed by atoms with Gasteiger partial charge in [-0.1, -0.05) is 13.0 Å². The number of rotatable bonds is 8. The lowest BCUT2D eigenvalue weighted by molar-refractivity contribution is 0.0956. The monoisotopic (exact) mass is 303 g/mol. The number of aromatic nitrogens is 1. The van der Waals surface area contributed by atoms with Gasteiger partial charge < -0.3 is 10.6 Å². The Bertz CT molecular complexity index is 554. The van der Waals surface area contributed by atoms with Gasteiger partial charge in [-0.25, -0.2) is 0 Å². The molecule has 2 aromatic rings. The number of carbonyl (C=O) groups excluding carboxylic acids is 1. The summed E-state index contributed by atoms with van der Waals surface area (Å²) in [5, 5.41) is 8.30. The standard InChI is InChI=1S/C16H21N3OS/c1-2-14-6-10-21-15(14)16(20)19-9-4-8-18-12-13-5-3-7-17-11-13/h3,5-7,10-11,18H,2,4,8-9,12H2,1H3,(H,19,20). The van der Waals surface area contributed by atoms with Gasteiger partial charge >= 0.3 is 0 Å². The van der Waals surface area contributed by atoms with E-state index in [0.29, 0.717) is 6.54 Å². The van der Waals surface area contributed by atoms with Crippen LogP contribution in [0.5, 0.6) is 0 Å². The number of thiophene rings is 1. The molecule has 0 saturated heterocycles. The third kappa shape index (κ3) is 4.95. The van der Waals surface area contributed by atoms with E-state index in [2.05, 4.69) is 22.5 Å². The zero-order chi connectivity index (χ0) is 14.9. The van der Waals surface area contributed by atoms with Crippen LogP contribution in [0.2, 0.25) is 0 Å². The summed E-state index contributed by atoms with van der Waals surface area (Å²) in [5.41, 5.74) is 2.31. The minimum absolute atomic E-state index is 0.0501. The maximum atomic E-state index is 12.0. The molecule has 4 nitrogen and oxygen atoms in total. The van der Waals surface area contributed by atoms with Gasteiger partial charge in [0, 0.05) is 25.5 Å². The first-order valence-electron chi connectivity index (χ1n) is 7.25. The molecule has 0 radical (unpaired) electrons. The molecule has 0 aliphatic heterocycles. The fraction of sp³-hybridized carbons (Fsp3) is 0.375. The topological polar surface area (TPSA) is 54.0 Å². The molecule has 2 aromatic heterocycles. The van der Waals surface area contributed by atoms with Crippen LogP contribution in [0, 0.1) is 0 Å². The van der Waals surface area contributed by atoms with Crippen molar-refractivity contribution in [3.05, 3.63) is 52.0 Å². The molecule has 21 heavy (non-hydrogen) atoms. The first-order valence-corrected chi connectivity index (χ1v) is 8.13. The highest BCUT2D eigenvalue weighted by Crippen LogP contribution is 2.16. The molecule has 0 aromatic carbocycles. The largest absolute Gasteiger partial charge is 0.351 e. The zero-order valence-electron chi connectivity index (χ0n) is 12.3. The number of hydrogen-bond donors (Lipinski definition) is 2. The van der Waals surface area contributed by atoms with Crippen molar-refractivity contribution in [2.24, 2.45) is 0 Å². The fourth-order valence-electron chi connectivity index (χ4n) is 2.04. The average molecular weight is 303 g/mol. The Hall–Kier alpha value is -1.72. The highest BCUT2D eigenvalue weighted by atomic mass is 32.1. The van der Waals surface area contributed by atoms with Gasteiger partial charge in [0.15, 0.2) is 0 Å². The number of pyridine rings is 1. The van der Waals surface area contributed by atoms with Crippen LogP contribution >= 0.6 is 11.3 Å². The Kier molecular flexibility index (Phi) is 6.37. The van der Waals surface area contributed by atoms with Crippen molar-refractivity contribution in [1.82, 2.24) is 15.6 Å². The molecule has 0 fully saturated rings. The van der Waals surface area contributed by atoms with E-state index in [9.17, 15) is 4.79 Å². The first kappa shape index (κ1) is 15.7. The van der Waals surface area contributed by atoms with E-state index >= 15 is 0 Å². The fourth-order valence-corrected chi connectivity index (χ4v) is 2.96. The van der Waals surface area contributed by atoms with Crippen LogP contribution in [-0.4, -0.2) is 24.0 Å². The number of nitrogens with zero attached hydrogens (tertiary/aromatic N) is 1. The SMILES string of the molecule is CCc1ccsc1C(=O)NCCCNCc1cccnc1. The predicted molar refractivity (Wildman–Crippen MR) is 86.6 cm³/mol. The van der Waals surface area contributed by atoms with E-state index < -0.39 is 0 Å². The van der Waals surface area contributed by atoms with Gasteiger partial charge in [0.25, 0.3) is 5.91 Å². The van der Waals surface area contributed by atoms with Crippen LogP contribution in [0.3, 0.4) is 0 Å². The van der Waals surface area contributed by atoms with Gasteiger partial charge in [0.1, 0.15) is 0 Å². The van der Waals surface area contributed by atoms with Crippen LogP contribution in [-0.2, 0) is 13.0 Å². The molecular formula is C16H21N3OS. The van der Waals surface area contributed by atoms with Crippen LogP contribution in [0.15, 0.2) is 36.0 Å². The molecule has 2 heterocycles. The minimum atomic E-state index is 0.0501. The summed E-state index contributed by atoms with van der Waals surface area (Å²) in [6.07, 6.45) is 5.45. The Balaban J connectivity index is 1.61. The molecule has 0 aliphatic carbocycles. The molecule has 2 N–H and O–H groups in total. The molecule has 0 spiro atoms. The second kappa shape index (κ2) is 8.54. The van der Waals surface area contributed by atoms with Gasteiger partial charge in [-0.15, -0.1) is 11.3 Å². The molecule has 5 heteroatoms. The molecule has 0 aliphatic rings. The Morgan fingerprint density at radius 3 is 3.00 bits per heavy atom. The Morgan fingerprint density at radius 1 is 1.33 bits per heavy atom. The second-order valence-electron chi connectivity index (χ2n) is 4.78. The molecule has 0 bridgehead atoms. The van der Waals surface area contributed by atoms with Crippen molar-refractivity contribution in [2.45, 2.75) is 26.3 Å². The van der Waals surface area contributed by atoms with Crippen LogP contribution in [0.25, 0.3) is 0 Å². The molecular weight excluding hydrogens is 282 g/mol. The molecule has 2 rings (SSSR count). The van der Waals surface area contributed by atoms with Crippen LogP contribution < -0.4 is 10.6 Å². The van der Waals surface area contributed by atoms with E-state index in [0.717, 1.165) is 36.4 Å². The normalized spacial score (nSPS) is 10.5. The van der Waals surface area contributed by atoms with Gasteiger partial charge in [-0.2, -0.15) is 0 Å². The van der Waals surface area contributed by atoms with E-state index in [1.807, 2.05) is 29.8 Å². The summed E-state index contributed by atoms with van der Waals surface area (Å²) in [6.45, 7) is 4.45. The smallest absolute Gasteiger partial charge is 0.261 e. The zero-order valence-corrected chi connectivity index (χ0v) is 13.1. The maximum Gasteiger partial charge on any atom is 0.261 e. The molecule has 0 atom stereocenters. The van der Waals surface area contributed by atoms with Crippen molar-refractivity contribution in [3.8, 4) is 0 Å². The van der Waals surface area contributed by atoms with Crippen molar-refractivity contribution < 1.29 is 4.79 Å². The van der Waals surface area contributed by atoms with Gasteiger partial charge in [0.05, 0.1) is 4.88 Å². The summed E-state index contributed by atoms with van der Waals surface area (Å²) in [7, 11) is 0. The highest BCUT2D eigenvalue weighted by molar-refractivity contribution is 7.12. The summed E-state index contributed by atoms with van der Waals surface area (Å²) in [6, 6.07) is 6.00. The number of hydrogen-bond acceptors (Lipinski definition) is 4. The summed E-state index contributed by atoms with van der Waals surface area (Å²) in [4.78, 5) is 16.9. The lowest BCUT2D eigenvalue weighted by Crippen LogP contribution is -2.27. The van der Waals surface area contributed by atoms with E-state index in [-0.39, 0.29) is 5.91 Å². The van der Waals surface area contributed by atoms with Crippen molar-refractivity contribution in [1.29, 1.82) is 0 Å². The van der Waals surface area contributed by atoms with E-state index in [1.165, 1.54) is 16.9 Å². The maximum absolute atomic E-state index is 12.0. The number of aryl methyl sites for hydroxylation is 1. The van der Waals surface area contributed by atoms with E-state index in [1.54, 1.807) is 6.20 Å². The van der Waals surface area contributed by atoms with Crippen LogP contribution in [0.4, 0.5) is 0 Å². The van der Waals surface area contributed by atoms with Gasteiger partial charge in [-0.05, 0) is 48.0 Å². The van der Waals surface area contributed by atoms with Crippen molar-refractivity contribution in [3.63, 3.8) is 0 Å². The quantitative estimate of drug-likeness (QED) is 0.737. The lowest BCUT2D eigenvalue weighted by Gasteiger charge is -2.07. The van der Waals surface area contributed by atoms with Crippen molar-refractivity contribution in [2.75, 3.05) is 13.1 Å². The third-order valence-corrected chi connectivity index (χ3v) is 4.16. The first-order chi connectivity index (χ1) is 10.3. The molecule has 1 amide bonds. The number of amides is 1. The summed E-state index contributed by atoms with van der Waals surface area (Å²) in [5.74, 6) is 0.0501. The number of carbonyl (C=O) groups is 1. The average Bonchev–Trinajstić information content (AvgIpc) is 3.00. The molecule has 0 saturated carbocycles. The molecule has 112 valence electrons. The van der Waals surface area contributed by atoms with Crippen molar-refractivity contribution >= 4 is 17.2 Å². The molecule has 0 unspecified atom stereocenters. The highest BCUT2D eigenvalue weighted by Gasteiger charge is 2.10. The van der Waals surface area contributed by atoms with E-state index in [4.69, 9.17) is 0 Å². The predicted octanol–water partition coefficient (Wildman–Crippen LogP) is 2.62. The van der Waals surface area contributed by atoms with Gasteiger partial charge in [0.2, 0.25) is 0 Å².